The molecule has 4 aromatic rings. The molecule has 184 valence electrons. The van der Waals surface area contributed by atoms with E-state index in [4.69, 9.17) is 4.98 Å². The van der Waals surface area contributed by atoms with Gasteiger partial charge < -0.3 is 5.32 Å². The Morgan fingerprint density at radius 2 is 1.69 bits per heavy atom. The first-order valence-corrected chi connectivity index (χ1v) is 12.4. The molecule has 1 saturated heterocycles. The highest BCUT2D eigenvalue weighted by molar-refractivity contribution is 6.05. The van der Waals surface area contributed by atoms with Crippen LogP contribution >= 0.6 is 0 Å². The molecule has 1 aliphatic rings. The molecule has 2 unspecified atom stereocenters. The van der Waals surface area contributed by atoms with Gasteiger partial charge in [0.1, 0.15) is 11.6 Å². The number of benzene rings is 3. The zero-order valence-corrected chi connectivity index (χ0v) is 20.5. The number of rotatable bonds is 5. The number of likely N-dealkylation sites (tertiary alicyclic amines) is 1. The van der Waals surface area contributed by atoms with E-state index >= 15 is 0 Å². The zero-order chi connectivity index (χ0) is 25.2. The second kappa shape index (κ2) is 10.2. The van der Waals surface area contributed by atoms with Gasteiger partial charge in [-0.1, -0.05) is 24.6 Å². The van der Waals surface area contributed by atoms with Crippen LogP contribution in [0.15, 0.2) is 72.8 Å². The van der Waals surface area contributed by atoms with Crippen LogP contribution in [0.4, 0.5) is 14.5 Å². The van der Waals surface area contributed by atoms with Crippen molar-refractivity contribution in [1.29, 1.82) is 0 Å². The zero-order valence-electron chi connectivity index (χ0n) is 20.5. The van der Waals surface area contributed by atoms with Crippen molar-refractivity contribution >= 4 is 22.5 Å². The maximum absolute atomic E-state index is 14.1. The lowest BCUT2D eigenvalue weighted by Crippen LogP contribution is -2.43. The first-order chi connectivity index (χ1) is 17.4. The van der Waals surface area contributed by atoms with E-state index in [2.05, 4.69) is 36.2 Å². The van der Waals surface area contributed by atoms with Crippen LogP contribution < -0.4 is 5.32 Å². The van der Waals surface area contributed by atoms with E-state index in [1.807, 2.05) is 18.2 Å². The third-order valence-corrected chi connectivity index (χ3v) is 7.11. The second-order valence-electron chi connectivity index (χ2n) is 9.67. The summed E-state index contributed by atoms with van der Waals surface area (Å²) >= 11 is 0. The Labute approximate surface area is 210 Å². The van der Waals surface area contributed by atoms with Crippen molar-refractivity contribution in [2.45, 2.75) is 51.7 Å². The monoisotopic (exact) mass is 485 g/mol. The SMILES string of the molecule is CC1CCCC(C)N1Cc1ccc2cc(NC(=O)c3ccc(-c4ccc(F)cc4F)cc3)ccc2n1. The van der Waals surface area contributed by atoms with Crippen molar-refractivity contribution < 1.29 is 13.6 Å². The molecule has 0 saturated carbocycles. The van der Waals surface area contributed by atoms with Crippen molar-refractivity contribution in [3.05, 3.63) is 95.7 Å². The Morgan fingerprint density at radius 1 is 0.944 bits per heavy atom. The molecule has 0 aliphatic carbocycles. The van der Waals surface area contributed by atoms with Crippen molar-refractivity contribution in [1.82, 2.24) is 9.88 Å². The third-order valence-electron chi connectivity index (χ3n) is 7.11. The van der Waals surface area contributed by atoms with Gasteiger partial charge in [0.05, 0.1) is 11.2 Å². The highest BCUT2D eigenvalue weighted by atomic mass is 19.1. The molecule has 0 radical (unpaired) electrons. The third kappa shape index (κ3) is 5.14. The summed E-state index contributed by atoms with van der Waals surface area (Å²) in [6, 6.07) is 21.0. The number of pyridine rings is 1. The van der Waals surface area contributed by atoms with E-state index in [0.29, 0.717) is 28.9 Å². The Balaban J connectivity index is 1.28. The van der Waals surface area contributed by atoms with Gasteiger partial charge in [-0.2, -0.15) is 0 Å². The normalized spacial score (nSPS) is 18.3. The van der Waals surface area contributed by atoms with Gasteiger partial charge in [0.15, 0.2) is 0 Å². The predicted octanol–water partition coefficient (Wildman–Crippen LogP) is 7.20. The number of amides is 1. The van der Waals surface area contributed by atoms with Crippen molar-refractivity contribution in [2.75, 3.05) is 5.32 Å². The first kappa shape index (κ1) is 24.1. The van der Waals surface area contributed by atoms with Crippen LogP contribution in [0.1, 0.15) is 49.2 Å². The Hall–Kier alpha value is -3.64. The van der Waals surface area contributed by atoms with E-state index in [9.17, 15) is 13.6 Å². The number of piperidine rings is 1. The molecule has 6 heteroatoms. The molecule has 0 bridgehead atoms. The average molecular weight is 486 g/mol. The largest absolute Gasteiger partial charge is 0.322 e. The Kier molecular flexibility index (Phi) is 6.79. The lowest BCUT2D eigenvalue weighted by molar-refractivity contribution is 0.0939. The lowest BCUT2D eigenvalue weighted by Gasteiger charge is -2.38. The number of fused-ring (bicyclic) bond motifs is 1. The molecule has 3 aromatic carbocycles. The molecular formula is C30H29F2N3O. The predicted molar refractivity (Wildman–Crippen MR) is 140 cm³/mol. The molecule has 1 aromatic heterocycles. The molecule has 5 rings (SSSR count). The van der Waals surface area contributed by atoms with Gasteiger partial charge in [-0.05, 0) is 80.8 Å². The van der Waals surface area contributed by atoms with E-state index in [1.54, 1.807) is 24.3 Å². The molecular weight excluding hydrogens is 456 g/mol. The van der Waals surface area contributed by atoms with Crippen molar-refractivity contribution in [3.8, 4) is 11.1 Å². The maximum atomic E-state index is 14.1. The van der Waals surface area contributed by atoms with Gasteiger partial charge in [-0.25, -0.2) is 8.78 Å². The van der Waals surface area contributed by atoms with Crippen LogP contribution in [-0.4, -0.2) is 27.9 Å². The average Bonchev–Trinajstić information content (AvgIpc) is 2.86. The first-order valence-electron chi connectivity index (χ1n) is 12.4. The summed E-state index contributed by atoms with van der Waals surface area (Å²) in [5.41, 5.74) is 3.93. The fourth-order valence-electron chi connectivity index (χ4n) is 5.04. The summed E-state index contributed by atoms with van der Waals surface area (Å²) in [5, 5.41) is 3.88. The van der Waals surface area contributed by atoms with Gasteiger partial charge >= 0.3 is 0 Å². The smallest absolute Gasteiger partial charge is 0.255 e. The fourth-order valence-corrected chi connectivity index (χ4v) is 5.04. The number of nitrogens with one attached hydrogen (secondary N) is 1. The van der Waals surface area contributed by atoms with Gasteiger partial charge in [0.25, 0.3) is 5.91 Å². The fraction of sp³-hybridized carbons (Fsp3) is 0.267. The van der Waals surface area contributed by atoms with E-state index in [1.165, 1.54) is 31.4 Å². The number of nitrogens with zero attached hydrogens (tertiary/aromatic N) is 2. The minimum absolute atomic E-state index is 0.266. The van der Waals surface area contributed by atoms with Crippen LogP contribution in [0.5, 0.6) is 0 Å². The molecule has 4 nitrogen and oxygen atoms in total. The second-order valence-corrected chi connectivity index (χ2v) is 9.67. The van der Waals surface area contributed by atoms with Crippen molar-refractivity contribution in [3.63, 3.8) is 0 Å². The van der Waals surface area contributed by atoms with Crippen LogP contribution in [0, 0.1) is 11.6 Å². The van der Waals surface area contributed by atoms with E-state index in [-0.39, 0.29) is 11.5 Å². The van der Waals surface area contributed by atoms with Gasteiger partial charge in [-0.3, -0.25) is 14.7 Å². The number of hydrogen-bond acceptors (Lipinski definition) is 3. The number of hydrogen-bond donors (Lipinski definition) is 1. The summed E-state index contributed by atoms with van der Waals surface area (Å²) in [7, 11) is 0. The van der Waals surface area contributed by atoms with Crippen molar-refractivity contribution in [2.24, 2.45) is 0 Å². The standard InChI is InChI=1S/C30H29F2N3O/c1-19-4-3-5-20(2)35(19)18-26-12-10-23-16-25(13-15-29(23)33-26)34-30(36)22-8-6-21(7-9-22)27-14-11-24(31)17-28(27)32/h6-17,19-20H,3-5,18H2,1-2H3,(H,34,36). The quantitative estimate of drug-likeness (QED) is 0.325. The molecule has 1 aliphatic heterocycles. The van der Waals surface area contributed by atoms with Gasteiger partial charge in [0, 0.05) is 46.9 Å². The number of halogens is 2. The number of aromatic nitrogens is 1. The molecule has 0 spiro atoms. The number of carbonyl (C=O) groups is 1. The minimum atomic E-state index is -0.639. The molecule has 36 heavy (non-hydrogen) atoms. The summed E-state index contributed by atoms with van der Waals surface area (Å²) in [5.74, 6) is -1.53. The Morgan fingerprint density at radius 3 is 2.42 bits per heavy atom. The summed E-state index contributed by atoms with van der Waals surface area (Å²) in [6.07, 6.45) is 3.75. The topological polar surface area (TPSA) is 45.2 Å². The van der Waals surface area contributed by atoms with Crippen LogP contribution in [0.25, 0.3) is 22.0 Å². The molecule has 2 atom stereocenters. The maximum Gasteiger partial charge on any atom is 0.255 e. The number of anilines is 1. The minimum Gasteiger partial charge on any atom is -0.322 e. The van der Waals surface area contributed by atoms with Crippen LogP contribution in [0.3, 0.4) is 0 Å². The summed E-state index contributed by atoms with van der Waals surface area (Å²) < 4.78 is 27.2. The van der Waals surface area contributed by atoms with Gasteiger partial charge in [0.2, 0.25) is 0 Å². The van der Waals surface area contributed by atoms with E-state index < -0.39 is 11.6 Å². The highest BCUT2D eigenvalue weighted by Gasteiger charge is 2.24. The summed E-state index contributed by atoms with van der Waals surface area (Å²) in [6.45, 7) is 5.43. The molecule has 1 fully saturated rings. The van der Waals surface area contributed by atoms with Gasteiger partial charge in [-0.15, -0.1) is 0 Å². The Bertz CT molecular complexity index is 1390. The van der Waals surface area contributed by atoms with Crippen LogP contribution in [0.2, 0.25) is 0 Å². The molecule has 2 heterocycles. The van der Waals surface area contributed by atoms with E-state index in [0.717, 1.165) is 29.2 Å². The molecule has 1 amide bonds. The lowest BCUT2D eigenvalue weighted by atomic mass is 9.97. The number of carbonyl (C=O) groups excluding carboxylic acids is 1. The molecule has 1 N–H and O–H groups in total. The highest BCUT2D eigenvalue weighted by Crippen LogP contribution is 2.26. The summed E-state index contributed by atoms with van der Waals surface area (Å²) in [4.78, 5) is 20.2. The van der Waals surface area contributed by atoms with Crippen LogP contribution in [-0.2, 0) is 6.54 Å².